The van der Waals surface area contributed by atoms with Crippen molar-refractivity contribution in [1.29, 1.82) is 0 Å². The van der Waals surface area contributed by atoms with Crippen LogP contribution in [0.3, 0.4) is 0 Å². The second-order valence-corrected chi connectivity index (χ2v) is 7.55. The molecule has 26 heavy (non-hydrogen) atoms. The Labute approximate surface area is 161 Å². The first kappa shape index (κ1) is 22.3. The average Bonchev–Trinajstić information content (AvgIpc) is 2.57. The highest BCUT2D eigenvalue weighted by Gasteiger charge is 2.21. The lowest BCUT2D eigenvalue weighted by atomic mass is 9.96. The highest BCUT2D eigenvalue weighted by Crippen LogP contribution is 2.31. The quantitative estimate of drug-likeness (QED) is 0.731. The van der Waals surface area contributed by atoms with Crippen LogP contribution in [0.15, 0.2) is 23.0 Å². The lowest BCUT2D eigenvalue weighted by molar-refractivity contribution is 0.295. The Morgan fingerprint density at radius 3 is 2.42 bits per heavy atom. The molecule has 0 amide bonds. The molecule has 146 valence electrons. The van der Waals surface area contributed by atoms with Gasteiger partial charge in [-0.15, -0.1) is 12.4 Å². The van der Waals surface area contributed by atoms with Crippen LogP contribution < -0.4 is 20.8 Å². The number of ether oxygens (including phenoxy) is 2. The van der Waals surface area contributed by atoms with Gasteiger partial charge in [0.2, 0.25) is 0 Å². The molecule has 0 saturated carbocycles. The molecule has 2 N–H and O–H groups in total. The van der Waals surface area contributed by atoms with Crippen LogP contribution in [0.2, 0.25) is 0 Å². The van der Waals surface area contributed by atoms with Crippen molar-refractivity contribution in [3.8, 4) is 11.5 Å². The van der Waals surface area contributed by atoms with E-state index in [9.17, 15) is 4.79 Å². The van der Waals surface area contributed by atoms with E-state index < -0.39 is 0 Å². The predicted molar refractivity (Wildman–Crippen MR) is 110 cm³/mol. The Morgan fingerprint density at radius 2 is 1.88 bits per heavy atom. The molecule has 6 heteroatoms. The Balaban J connectivity index is 0.00000338. The van der Waals surface area contributed by atoms with E-state index in [4.69, 9.17) is 15.2 Å². The number of aromatic nitrogens is 1. The van der Waals surface area contributed by atoms with Gasteiger partial charge in [-0.05, 0) is 30.0 Å². The molecule has 0 unspecified atom stereocenters. The van der Waals surface area contributed by atoms with Gasteiger partial charge >= 0.3 is 0 Å². The Morgan fingerprint density at radius 1 is 1.19 bits per heavy atom. The number of pyridine rings is 1. The van der Waals surface area contributed by atoms with Gasteiger partial charge in [0.25, 0.3) is 5.56 Å². The Hall–Kier alpha value is -1.72. The van der Waals surface area contributed by atoms with Gasteiger partial charge in [0.15, 0.2) is 0 Å². The minimum atomic E-state index is -0.0546. The Kier molecular flexibility index (Phi) is 7.97. The molecule has 1 aromatic carbocycles. The lowest BCUT2D eigenvalue weighted by Gasteiger charge is -2.25. The number of rotatable bonds is 7. The first-order valence-electron chi connectivity index (χ1n) is 8.88. The van der Waals surface area contributed by atoms with Crippen LogP contribution >= 0.6 is 12.4 Å². The van der Waals surface area contributed by atoms with Crippen LogP contribution in [0.25, 0.3) is 10.8 Å². The molecule has 5 nitrogen and oxygen atoms in total. The van der Waals surface area contributed by atoms with Crippen LogP contribution in [-0.2, 0) is 13.1 Å². The summed E-state index contributed by atoms with van der Waals surface area (Å²) in [5.41, 5.74) is 6.68. The first-order chi connectivity index (χ1) is 11.8. The van der Waals surface area contributed by atoms with Crippen molar-refractivity contribution >= 4 is 23.2 Å². The zero-order valence-corrected chi connectivity index (χ0v) is 17.2. The van der Waals surface area contributed by atoms with E-state index in [0.29, 0.717) is 24.3 Å². The van der Waals surface area contributed by atoms with Gasteiger partial charge in [-0.1, -0.05) is 34.1 Å². The summed E-state index contributed by atoms with van der Waals surface area (Å²) < 4.78 is 13.2. The van der Waals surface area contributed by atoms with E-state index in [0.717, 1.165) is 29.7 Å². The number of fused-ring (bicyclic) bond motifs is 1. The number of methoxy groups -OCH3 is 1. The monoisotopic (exact) mass is 382 g/mol. The zero-order chi connectivity index (χ0) is 18.6. The van der Waals surface area contributed by atoms with Gasteiger partial charge in [0.05, 0.1) is 24.8 Å². The molecule has 2 rings (SSSR count). The standard InChI is InChI=1S/C20H30N2O3.ClH/c1-6-7-10-25-18-15-9-8-14(24-5)11-16(15)19(23)22(17(18)12-21)13-20(2,3)4;/h8-9,11H,6-7,10,12-13,21H2,1-5H3;1H. The van der Waals surface area contributed by atoms with Crippen molar-refractivity contribution in [3.05, 3.63) is 34.2 Å². The van der Waals surface area contributed by atoms with E-state index in [1.165, 1.54) is 0 Å². The van der Waals surface area contributed by atoms with Gasteiger partial charge in [0.1, 0.15) is 11.5 Å². The normalized spacial score (nSPS) is 11.3. The van der Waals surface area contributed by atoms with Crippen molar-refractivity contribution in [3.63, 3.8) is 0 Å². The molecular formula is C20H31ClN2O3. The minimum Gasteiger partial charge on any atom is -0.497 e. The molecule has 0 aliphatic heterocycles. The van der Waals surface area contributed by atoms with Gasteiger partial charge in [-0.2, -0.15) is 0 Å². The van der Waals surface area contributed by atoms with E-state index >= 15 is 0 Å². The van der Waals surface area contributed by atoms with Crippen molar-refractivity contribution in [2.24, 2.45) is 11.1 Å². The van der Waals surface area contributed by atoms with Gasteiger partial charge in [-0.25, -0.2) is 0 Å². The number of unbranched alkanes of at least 4 members (excludes halogenated alkanes) is 1. The number of nitrogens with zero attached hydrogens (tertiary/aromatic N) is 1. The number of hydrogen-bond donors (Lipinski definition) is 1. The van der Waals surface area contributed by atoms with E-state index in [2.05, 4.69) is 27.7 Å². The van der Waals surface area contributed by atoms with E-state index in [-0.39, 0.29) is 29.9 Å². The summed E-state index contributed by atoms with van der Waals surface area (Å²) >= 11 is 0. The molecule has 2 aromatic rings. The van der Waals surface area contributed by atoms with Crippen molar-refractivity contribution in [1.82, 2.24) is 4.57 Å². The smallest absolute Gasteiger partial charge is 0.259 e. The van der Waals surface area contributed by atoms with Crippen LogP contribution in [0.1, 0.15) is 46.2 Å². The highest BCUT2D eigenvalue weighted by molar-refractivity contribution is 5.89. The molecule has 0 aliphatic rings. The van der Waals surface area contributed by atoms with Gasteiger partial charge in [-0.3, -0.25) is 4.79 Å². The largest absolute Gasteiger partial charge is 0.497 e. The minimum absolute atomic E-state index is 0. The Bertz CT molecular complexity index is 794. The van der Waals surface area contributed by atoms with Crippen molar-refractivity contribution in [2.75, 3.05) is 13.7 Å². The predicted octanol–water partition coefficient (Wildman–Crippen LogP) is 4.12. The summed E-state index contributed by atoms with van der Waals surface area (Å²) in [6.45, 7) is 9.88. The third kappa shape index (κ3) is 4.92. The maximum atomic E-state index is 13.1. The third-order valence-corrected chi connectivity index (χ3v) is 4.10. The summed E-state index contributed by atoms with van der Waals surface area (Å²) in [6.07, 6.45) is 2.01. The van der Waals surface area contributed by atoms with Crippen LogP contribution in [0.4, 0.5) is 0 Å². The first-order valence-corrected chi connectivity index (χ1v) is 8.88. The summed E-state index contributed by atoms with van der Waals surface area (Å²) in [5.74, 6) is 1.38. The fraction of sp³-hybridized carbons (Fsp3) is 0.550. The maximum Gasteiger partial charge on any atom is 0.259 e. The molecule has 0 bridgehead atoms. The fourth-order valence-corrected chi connectivity index (χ4v) is 2.90. The highest BCUT2D eigenvalue weighted by atomic mass is 35.5. The number of halogens is 1. The summed E-state index contributed by atoms with van der Waals surface area (Å²) in [7, 11) is 1.60. The summed E-state index contributed by atoms with van der Waals surface area (Å²) in [4.78, 5) is 13.1. The number of nitrogens with two attached hydrogens (primary N) is 1. The van der Waals surface area contributed by atoms with Crippen molar-refractivity contribution in [2.45, 2.75) is 53.6 Å². The maximum absolute atomic E-state index is 13.1. The molecule has 0 atom stereocenters. The molecule has 0 aliphatic carbocycles. The SMILES string of the molecule is CCCCOc1c(CN)n(CC(C)(C)C)c(=O)c2cc(OC)ccc12.Cl. The van der Waals surface area contributed by atoms with Crippen LogP contribution in [0, 0.1) is 5.41 Å². The lowest BCUT2D eigenvalue weighted by Crippen LogP contribution is -2.31. The molecular weight excluding hydrogens is 352 g/mol. The molecule has 1 heterocycles. The summed E-state index contributed by atoms with van der Waals surface area (Å²) in [6, 6.07) is 5.52. The molecule has 0 fully saturated rings. The molecule has 0 radical (unpaired) electrons. The van der Waals surface area contributed by atoms with E-state index in [1.807, 2.05) is 12.1 Å². The molecule has 0 spiro atoms. The average molecular weight is 383 g/mol. The molecule has 0 saturated heterocycles. The fourth-order valence-electron chi connectivity index (χ4n) is 2.90. The second kappa shape index (κ2) is 9.28. The van der Waals surface area contributed by atoms with Gasteiger partial charge < -0.3 is 19.8 Å². The second-order valence-electron chi connectivity index (χ2n) is 7.55. The van der Waals surface area contributed by atoms with Crippen LogP contribution in [-0.4, -0.2) is 18.3 Å². The molecule has 1 aromatic heterocycles. The summed E-state index contributed by atoms with van der Waals surface area (Å²) in [5, 5.41) is 1.40. The number of hydrogen-bond acceptors (Lipinski definition) is 4. The third-order valence-electron chi connectivity index (χ3n) is 4.10. The zero-order valence-electron chi connectivity index (χ0n) is 16.4. The topological polar surface area (TPSA) is 66.5 Å². The van der Waals surface area contributed by atoms with Gasteiger partial charge in [0, 0.05) is 18.5 Å². The van der Waals surface area contributed by atoms with Crippen molar-refractivity contribution < 1.29 is 9.47 Å². The van der Waals surface area contributed by atoms with Crippen LogP contribution in [0.5, 0.6) is 11.5 Å². The van der Waals surface area contributed by atoms with E-state index in [1.54, 1.807) is 17.7 Å². The number of benzene rings is 1.